The topological polar surface area (TPSA) is 105 Å². The zero-order valence-electron chi connectivity index (χ0n) is 21.6. The second-order valence-electron chi connectivity index (χ2n) is 10.6. The molecular formula is C27H28Cl2F2N6O2. The number of carbonyl (C=O) groups excluding carboxylic acids is 1. The second kappa shape index (κ2) is 11.5. The number of amides is 1. The molecule has 206 valence electrons. The highest BCUT2D eigenvalue weighted by atomic mass is 35.5. The molecule has 1 aliphatic heterocycles. The summed E-state index contributed by atoms with van der Waals surface area (Å²) >= 11 is 12.2. The number of alkyl carbamates (subject to hydrolysis) is 1. The molecule has 1 amide bonds. The molecule has 0 spiro atoms. The van der Waals surface area contributed by atoms with Crippen molar-refractivity contribution >= 4 is 29.3 Å². The Balaban J connectivity index is 1.79. The highest BCUT2D eigenvalue weighted by Crippen LogP contribution is 2.52. The van der Waals surface area contributed by atoms with E-state index in [-0.39, 0.29) is 33.1 Å². The molecule has 1 saturated heterocycles. The van der Waals surface area contributed by atoms with Crippen molar-refractivity contribution < 1.29 is 18.3 Å². The molecule has 8 nitrogen and oxygen atoms in total. The highest BCUT2D eigenvalue weighted by molar-refractivity contribution is 6.31. The van der Waals surface area contributed by atoms with Crippen molar-refractivity contribution in [1.29, 1.82) is 5.26 Å². The zero-order valence-corrected chi connectivity index (χ0v) is 23.1. The van der Waals surface area contributed by atoms with Crippen LogP contribution in [0.3, 0.4) is 0 Å². The summed E-state index contributed by atoms with van der Waals surface area (Å²) in [6, 6.07) is 9.95. The summed E-state index contributed by atoms with van der Waals surface area (Å²) in [5.41, 5.74) is -2.00. The van der Waals surface area contributed by atoms with Gasteiger partial charge in [0.25, 0.3) is 0 Å². The van der Waals surface area contributed by atoms with Gasteiger partial charge in [-0.05, 0) is 35.6 Å². The Labute approximate surface area is 235 Å². The van der Waals surface area contributed by atoms with Gasteiger partial charge >= 0.3 is 6.09 Å². The first-order valence-electron chi connectivity index (χ1n) is 12.3. The highest BCUT2D eigenvalue weighted by Gasteiger charge is 2.61. The Bertz CT molecular complexity index is 1380. The Morgan fingerprint density at radius 3 is 2.69 bits per heavy atom. The molecule has 1 aliphatic rings. The number of nitrogens with one attached hydrogen (secondary N) is 2. The summed E-state index contributed by atoms with van der Waals surface area (Å²) in [6.45, 7) is 6.41. The Kier molecular flexibility index (Phi) is 8.45. The van der Waals surface area contributed by atoms with Gasteiger partial charge in [-0.3, -0.25) is 10.00 Å². The van der Waals surface area contributed by atoms with Gasteiger partial charge in [0.2, 0.25) is 0 Å². The Hall–Kier alpha value is -3.26. The van der Waals surface area contributed by atoms with E-state index in [1.165, 1.54) is 41.2 Å². The first-order valence-corrected chi connectivity index (χ1v) is 13.1. The number of hydrogen-bond donors (Lipinski definition) is 2. The van der Waals surface area contributed by atoms with Crippen LogP contribution in [0.25, 0.3) is 0 Å². The quantitative estimate of drug-likeness (QED) is 0.381. The maximum Gasteiger partial charge on any atom is 0.408 e. The van der Waals surface area contributed by atoms with Crippen LogP contribution in [-0.2, 0) is 16.7 Å². The molecule has 12 heteroatoms. The van der Waals surface area contributed by atoms with E-state index in [1.54, 1.807) is 6.20 Å². The summed E-state index contributed by atoms with van der Waals surface area (Å²) in [4.78, 5) is 12.9. The van der Waals surface area contributed by atoms with Crippen molar-refractivity contribution in [3.8, 4) is 6.07 Å². The lowest BCUT2D eigenvalue weighted by Gasteiger charge is -2.37. The summed E-state index contributed by atoms with van der Waals surface area (Å²) in [5.74, 6) is -2.67. The number of ether oxygens (including phenoxy) is 1. The predicted molar refractivity (Wildman–Crippen MR) is 142 cm³/mol. The van der Waals surface area contributed by atoms with Crippen LogP contribution in [0.4, 0.5) is 13.6 Å². The monoisotopic (exact) mass is 576 g/mol. The minimum Gasteiger partial charge on any atom is -0.430 e. The number of rotatable bonds is 7. The van der Waals surface area contributed by atoms with E-state index < -0.39 is 41.3 Å². The summed E-state index contributed by atoms with van der Waals surface area (Å²) in [5, 5.41) is 24.2. The number of nitrogens with zero attached hydrogens (tertiary/aromatic N) is 4. The van der Waals surface area contributed by atoms with Gasteiger partial charge in [-0.2, -0.15) is 5.26 Å². The minimum atomic E-state index is -1.70. The Morgan fingerprint density at radius 1 is 1.28 bits per heavy atom. The molecule has 4 rings (SSSR count). The van der Waals surface area contributed by atoms with E-state index in [2.05, 4.69) is 27.0 Å². The van der Waals surface area contributed by atoms with Crippen LogP contribution in [0.2, 0.25) is 10.0 Å². The zero-order chi connectivity index (χ0) is 28.4. The molecule has 0 saturated carbocycles. The fourth-order valence-electron chi connectivity index (χ4n) is 5.15. The van der Waals surface area contributed by atoms with E-state index in [1.807, 2.05) is 20.8 Å². The summed E-state index contributed by atoms with van der Waals surface area (Å²) in [7, 11) is 0. The van der Waals surface area contributed by atoms with Crippen LogP contribution in [-0.4, -0.2) is 39.9 Å². The van der Waals surface area contributed by atoms with E-state index in [0.29, 0.717) is 13.0 Å². The molecule has 0 radical (unpaired) electrons. The summed E-state index contributed by atoms with van der Waals surface area (Å²) in [6.07, 6.45) is 1.51. The average Bonchev–Trinajstić information content (AvgIpc) is 3.46. The molecule has 0 bridgehead atoms. The molecular weight excluding hydrogens is 549 g/mol. The maximum absolute atomic E-state index is 15.6. The van der Waals surface area contributed by atoms with Crippen molar-refractivity contribution in [2.45, 2.75) is 57.3 Å². The van der Waals surface area contributed by atoms with E-state index in [4.69, 9.17) is 27.9 Å². The van der Waals surface area contributed by atoms with Crippen LogP contribution in [0, 0.1) is 28.4 Å². The van der Waals surface area contributed by atoms with Crippen LogP contribution in [0.1, 0.15) is 44.2 Å². The van der Waals surface area contributed by atoms with Gasteiger partial charge in [-0.15, -0.1) is 5.10 Å². The van der Waals surface area contributed by atoms with Crippen molar-refractivity contribution in [3.05, 3.63) is 81.6 Å². The molecule has 0 unspecified atom stereocenters. The standard InChI is InChI=1S/C27H28Cl2F2N6O2/c1-26(2,3)14-21-27(15-32,18-8-7-16(28)13-20(18)30)22(17-5-4-6-19(29)23(17)31)24(35-21)39-25(38)33-9-11-37-12-10-34-36-37/h4-8,10,12-13,21-22,24,35H,9,11,14H2,1-3H3,(H,33,38)/t21-,22-,24+,27-/m0/s1. The molecule has 4 atom stereocenters. The third-order valence-corrected chi connectivity index (χ3v) is 7.25. The fourth-order valence-corrected chi connectivity index (χ4v) is 5.49. The van der Waals surface area contributed by atoms with Crippen molar-refractivity contribution in [2.24, 2.45) is 5.41 Å². The van der Waals surface area contributed by atoms with Crippen molar-refractivity contribution in [2.75, 3.05) is 6.54 Å². The molecule has 2 heterocycles. The normalized spacial score (nSPS) is 22.9. The SMILES string of the molecule is CC(C)(C)C[C@@H]1N[C@H](OC(=O)NCCn2ccnn2)[C@H](c2cccc(Cl)c2F)[C@@]1(C#N)c1ccc(Cl)cc1F. The van der Waals surface area contributed by atoms with Crippen molar-refractivity contribution in [3.63, 3.8) is 0 Å². The van der Waals surface area contributed by atoms with E-state index >= 15 is 8.78 Å². The largest absolute Gasteiger partial charge is 0.430 e. The van der Waals surface area contributed by atoms with Crippen LogP contribution >= 0.6 is 23.2 Å². The summed E-state index contributed by atoms with van der Waals surface area (Å²) < 4.78 is 38.5. The van der Waals surface area contributed by atoms with Gasteiger partial charge < -0.3 is 10.1 Å². The van der Waals surface area contributed by atoms with Crippen LogP contribution in [0.5, 0.6) is 0 Å². The van der Waals surface area contributed by atoms with Gasteiger partial charge in [0.05, 0.1) is 29.8 Å². The number of carbonyl (C=O) groups is 1. The third-order valence-electron chi connectivity index (χ3n) is 6.72. The van der Waals surface area contributed by atoms with Crippen LogP contribution < -0.4 is 10.6 Å². The lowest BCUT2D eigenvalue weighted by Crippen LogP contribution is -2.44. The molecule has 2 N–H and O–H groups in total. The predicted octanol–water partition coefficient (Wildman–Crippen LogP) is 5.57. The number of hydrogen-bond acceptors (Lipinski definition) is 6. The molecule has 0 aliphatic carbocycles. The van der Waals surface area contributed by atoms with Gasteiger partial charge in [0, 0.05) is 29.4 Å². The number of aromatic nitrogens is 3. The van der Waals surface area contributed by atoms with Crippen molar-refractivity contribution in [1.82, 2.24) is 25.6 Å². The molecule has 1 aromatic heterocycles. The number of benzene rings is 2. The maximum atomic E-state index is 15.6. The average molecular weight is 577 g/mol. The lowest BCUT2D eigenvalue weighted by molar-refractivity contribution is 0.0736. The van der Waals surface area contributed by atoms with Gasteiger partial charge in [0.1, 0.15) is 17.0 Å². The molecule has 39 heavy (non-hydrogen) atoms. The third kappa shape index (κ3) is 6.01. The number of halogens is 4. The van der Waals surface area contributed by atoms with Gasteiger partial charge in [0.15, 0.2) is 6.23 Å². The Morgan fingerprint density at radius 2 is 2.05 bits per heavy atom. The number of nitriles is 1. The second-order valence-corrected chi connectivity index (χ2v) is 11.5. The lowest BCUT2D eigenvalue weighted by atomic mass is 9.63. The van der Waals surface area contributed by atoms with E-state index in [0.717, 1.165) is 6.07 Å². The molecule has 3 aromatic rings. The van der Waals surface area contributed by atoms with E-state index in [9.17, 15) is 10.1 Å². The van der Waals surface area contributed by atoms with Crippen LogP contribution in [0.15, 0.2) is 48.8 Å². The minimum absolute atomic E-state index is 0.0122. The smallest absolute Gasteiger partial charge is 0.408 e. The first kappa shape index (κ1) is 28.7. The molecule has 2 aromatic carbocycles. The molecule has 1 fully saturated rings. The fraction of sp³-hybridized carbons (Fsp3) is 0.407. The van der Waals surface area contributed by atoms with Gasteiger partial charge in [-0.25, -0.2) is 13.6 Å². The van der Waals surface area contributed by atoms with Gasteiger partial charge in [-0.1, -0.05) is 67.4 Å². The first-order chi connectivity index (χ1) is 18.5.